The molecule has 0 unspecified atom stereocenters. The molecule has 2 saturated heterocycles. The van der Waals surface area contributed by atoms with Gasteiger partial charge in [0, 0.05) is 24.5 Å². The monoisotopic (exact) mass is 410 g/mol. The molecule has 7 heteroatoms. The predicted molar refractivity (Wildman–Crippen MR) is 103 cm³/mol. The number of hydrogen-bond acceptors (Lipinski definition) is 4. The number of likely N-dealkylation sites (tertiary alicyclic amines) is 2. The quantitative estimate of drug-likeness (QED) is 0.804. The molecule has 1 aromatic carbocycles. The number of hydrogen-bond donors (Lipinski definition) is 2. The Labute approximate surface area is 169 Å². The molecule has 1 saturated carbocycles. The van der Waals surface area contributed by atoms with Crippen molar-refractivity contribution < 1.29 is 23.4 Å². The molecular formula is C22H29F3N2O2. The van der Waals surface area contributed by atoms with E-state index in [4.69, 9.17) is 0 Å². The van der Waals surface area contributed by atoms with Gasteiger partial charge >= 0.3 is 6.18 Å². The molecule has 5 rings (SSSR count). The number of fused-ring (bicyclic) bond motifs is 1. The number of alkyl halides is 3. The maximum Gasteiger partial charge on any atom is 0.401 e. The Morgan fingerprint density at radius 1 is 1.07 bits per heavy atom. The van der Waals surface area contributed by atoms with Crippen LogP contribution in [0.15, 0.2) is 18.2 Å². The van der Waals surface area contributed by atoms with Crippen LogP contribution < -0.4 is 0 Å². The summed E-state index contributed by atoms with van der Waals surface area (Å²) in [5.41, 5.74) is 0.421. The minimum Gasteiger partial charge on any atom is -0.508 e. The third kappa shape index (κ3) is 3.26. The van der Waals surface area contributed by atoms with Crippen LogP contribution in [0.1, 0.15) is 43.2 Å². The second-order valence-corrected chi connectivity index (χ2v) is 9.65. The Morgan fingerprint density at radius 3 is 2.52 bits per heavy atom. The molecule has 0 aromatic heterocycles. The lowest BCUT2D eigenvalue weighted by Gasteiger charge is -2.61. The Hall–Kier alpha value is -1.31. The fourth-order valence-electron chi connectivity index (χ4n) is 6.32. The van der Waals surface area contributed by atoms with Gasteiger partial charge in [-0.2, -0.15) is 13.2 Å². The zero-order chi connectivity index (χ0) is 20.4. The van der Waals surface area contributed by atoms with Crippen molar-refractivity contribution in [2.45, 2.75) is 61.8 Å². The minimum absolute atomic E-state index is 0.0697. The Kier molecular flexibility index (Phi) is 4.47. The van der Waals surface area contributed by atoms with Crippen LogP contribution in [-0.2, 0) is 11.8 Å². The van der Waals surface area contributed by atoms with Crippen LogP contribution in [0.5, 0.6) is 5.75 Å². The highest BCUT2D eigenvalue weighted by Crippen LogP contribution is 2.56. The molecule has 0 amide bonds. The highest BCUT2D eigenvalue weighted by atomic mass is 19.4. The molecule has 2 aliphatic heterocycles. The molecular weight excluding hydrogens is 381 g/mol. The first-order valence-corrected chi connectivity index (χ1v) is 10.8. The summed E-state index contributed by atoms with van der Waals surface area (Å²) >= 11 is 0. The highest BCUT2D eigenvalue weighted by molar-refractivity contribution is 5.48. The van der Waals surface area contributed by atoms with Gasteiger partial charge in [0.05, 0.1) is 12.1 Å². The van der Waals surface area contributed by atoms with Gasteiger partial charge in [-0.25, -0.2) is 0 Å². The predicted octanol–water partition coefficient (Wildman–Crippen LogP) is 3.06. The summed E-state index contributed by atoms with van der Waals surface area (Å²) < 4.78 is 39.2. The zero-order valence-electron chi connectivity index (χ0n) is 16.6. The molecule has 2 aliphatic carbocycles. The summed E-state index contributed by atoms with van der Waals surface area (Å²) in [5, 5.41) is 22.3. The van der Waals surface area contributed by atoms with Crippen LogP contribution in [0.4, 0.5) is 13.2 Å². The van der Waals surface area contributed by atoms with Crippen molar-refractivity contribution in [3.05, 3.63) is 29.3 Å². The van der Waals surface area contributed by atoms with E-state index in [-0.39, 0.29) is 18.3 Å². The van der Waals surface area contributed by atoms with Gasteiger partial charge in [-0.1, -0.05) is 6.07 Å². The number of aromatic hydroxyl groups is 1. The molecule has 2 bridgehead atoms. The summed E-state index contributed by atoms with van der Waals surface area (Å²) in [4.78, 5) is 3.86. The van der Waals surface area contributed by atoms with Crippen molar-refractivity contribution in [3.8, 4) is 5.75 Å². The van der Waals surface area contributed by atoms with Gasteiger partial charge in [-0.3, -0.25) is 9.80 Å². The van der Waals surface area contributed by atoms with Crippen molar-refractivity contribution in [2.24, 2.45) is 5.92 Å². The first kappa shape index (κ1) is 19.6. The van der Waals surface area contributed by atoms with E-state index in [2.05, 4.69) is 4.90 Å². The molecule has 3 fully saturated rings. The van der Waals surface area contributed by atoms with Crippen LogP contribution in [0, 0.1) is 5.92 Å². The molecule has 2 heterocycles. The molecule has 3 atom stereocenters. The van der Waals surface area contributed by atoms with Crippen molar-refractivity contribution in [2.75, 3.05) is 32.7 Å². The SMILES string of the molecule is Oc1ccc2c(c1)[C@@]13CCN(CC(F)(F)F)CC[C@@]1(O)[C@@H](C2)N(CC1CC1)CC3. The molecule has 0 radical (unpaired) electrons. The molecule has 4 aliphatic rings. The van der Waals surface area contributed by atoms with Crippen LogP contribution in [0.2, 0.25) is 0 Å². The van der Waals surface area contributed by atoms with E-state index in [1.54, 1.807) is 12.1 Å². The second-order valence-electron chi connectivity index (χ2n) is 9.65. The van der Waals surface area contributed by atoms with E-state index in [1.807, 2.05) is 6.07 Å². The molecule has 0 spiro atoms. The number of benzene rings is 1. The average molecular weight is 410 g/mol. The third-order valence-electron chi connectivity index (χ3n) is 7.93. The largest absolute Gasteiger partial charge is 0.508 e. The summed E-state index contributed by atoms with van der Waals surface area (Å²) in [5.74, 6) is 0.857. The van der Waals surface area contributed by atoms with E-state index in [1.165, 1.54) is 17.7 Å². The van der Waals surface area contributed by atoms with E-state index in [0.717, 1.165) is 30.6 Å². The normalized spacial score (nSPS) is 35.7. The van der Waals surface area contributed by atoms with Gasteiger partial charge in [0.2, 0.25) is 0 Å². The van der Waals surface area contributed by atoms with E-state index < -0.39 is 23.7 Å². The van der Waals surface area contributed by atoms with Crippen LogP contribution >= 0.6 is 0 Å². The van der Waals surface area contributed by atoms with Crippen molar-refractivity contribution in [3.63, 3.8) is 0 Å². The zero-order valence-corrected chi connectivity index (χ0v) is 16.6. The average Bonchev–Trinajstić information content (AvgIpc) is 3.46. The number of halogens is 3. The van der Waals surface area contributed by atoms with Crippen LogP contribution in [0.3, 0.4) is 0 Å². The first-order valence-electron chi connectivity index (χ1n) is 10.8. The number of phenols is 1. The van der Waals surface area contributed by atoms with Gasteiger partial charge in [-0.15, -0.1) is 0 Å². The summed E-state index contributed by atoms with van der Waals surface area (Å²) in [6.45, 7) is 1.47. The molecule has 2 N–H and O–H groups in total. The van der Waals surface area contributed by atoms with E-state index in [9.17, 15) is 23.4 Å². The molecule has 4 nitrogen and oxygen atoms in total. The van der Waals surface area contributed by atoms with Gasteiger partial charge in [0.25, 0.3) is 0 Å². The van der Waals surface area contributed by atoms with Crippen molar-refractivity contribution in [1.82, 2.24) is 9.80 Å². The number of rotatable bonds is 3. The Bertz CT molecular complexity index is 797. The topological polar surface area (TPSA) is 46.9 Å². The third-order valence-corrected chi connectivity index (χ3v) is 7.93. The van der Waals surface area contributed by atoms with Crippen molar-refractivity contribution >= 4 is 0 Å². The van der Waals surface area contributed by atoms with Crippen LogP contribution in [-0.4, -0.2) is 70.6 Å². The second kappa shape index (κ2) is 6.59. The maximum atomic E-state index is 13.1. The van der Waals surface area contributed by atoms with Crippen LogP contribution in [0.25, 0.3) is 0 Å². The lowest BCUT2D eigenvalue weighted by molar-refractivity contribution is -0.152. The Morgan fingerprint density at radius 2 is 1.79 bits per heavy atom. The number of piperidine rings is 1. The molecule has 29 heavy (non-hydrogen) atoms. The maximum absolute atomic E-state index is 13.1. The first-order chi connectivity index (χ1) is 13.7. The number of phenolic OH excluding ortho intramolecular Hbond substituents is 1. The number of nitrogens with zero attached hydrogens (tertiary/aromatic N) is 2. The smallest absolute Gasteiger partial charge is 0.401 e. The standard InChI is InChI=1S/C22H29F3N2O2/c23-22(24,25)14-26-8-5-20-6-10-27(13-15-1-2-15)19(21(20,29)7-9-26)11-16-3-4-17(28)12-18(16)20/h3-4,12,15,19,28-29H,1-2,5-11,13-14H2/t19-,20+,21-/m1/s1. The lowest BCUT2D eigenvalue weighted by atomic mass is 9.52. The van der Waals surface area contributed by atoms with Gasteiger partial charge in [-0.05, 0) is 80.8 Å². The molecule has 1 aromatic rings. The van der Waals surface area contributed by atoms with Gasteiger partial charge in [0.15, 0.2) is 0 Å². The minimum atomic E-state index is -4.24. The summed E-state index contributed by atoms with van der Waals surface area (Å²) in [7, 11) is 0. The van der Waals surface area contributed by atoms with Gasteiger partial charge in [0.1, 0.15) is 5.75 Å². The van der Waals surface area contributed by atoms with E-state index >= 15 is 0 Å². The lowest BCUT2D eigenvalue weighted by Crippen LogP contribution is -2.71. The fraction of sp³-hybridized carbons (Fsp3) is 0.727. The Balaban J connectivity index is 1.55. The summed E-state index contributed by atoms with van der Waals surface area (Å²) in [6.07, 6.45) is 0.475. The molecule has 160 valence electrons. The summed E-state index contributed by atoms with van der Waals surface area (Å²) in [6, 6.07) is 5.32. The van der Waals surface area contributed by atoms with E-state index in [0.29, 0.717) is 31.7 Å². The fourth-order valence-corrected chi connectivity index (χ4v) is 6.32. The van der Waals surface area contributed by atoms with Crippen molar-refractivity contribution in [1.29, 1.82) is 0 Å². The van der Waals surface area contributed by atoms with Gasteiger partial charge < -0.3 is 10.2 Å². The number of aliphatic hydroxyl groups is 1. The highest BCUT2D eigenvalue weighted by Gasteiger charge is 2.63.